The molecule has 1 amide bonds. The van der Waals surface area contributed by atoms with Gasteiger partial charge in [-0.3, -0.25) is 4.79 Å². The van der Waals surface area contributed by atoms with Crippen molar-refractivity contribution < 1.29 is 14.3 Å². The molecule has 4 nitrogen and oxygen atoms in total. The van der Waals surface area contributed by atoms with Crippen molar-refractivity contribution in [3.63, 3.8) is 0 Å². The van der Waals surface area contributed by atoms with Crippen molar-refractivity contribution >= 4 is 5.91 Å². The summed E-state index contributed by atoms with van der Waals surface area (Å²) in [5.41, 5.74) is 2.26. The summed E-state index contributed by atoms with van der Waals surface area (Å²) in [6.45, 7) is 5.66. The van der Waals surface area contributed by atoms with Crippen LogP contribution in [0.3, 0.4) is 0 Å². The van der Waals surface area contributed by atoms with Crippen molar-refractivity contribution in [1.29, 1.82) is 0 Å². The third-order valence-corrected chi connectivity index (χ3v) is 4.39. The lowest BCUT2D eigenvalue weighted by Crippen LogP contribution is -2.31. The van der Waals surface area contributed by atoms with Gasteiger partial charge in [-0.25, -0.2) is 0 Å². The first-order chi connectivity index (χ1) is 11.7. The smallest absolute Gasteiger partial charge is 0.231 e. The fourth-order valence-electron chi connectivity index (χ4n) is 2.93. The summed E-state index contributed by atoms with van der Waals surface area (Å²) >= 11 is 0. The molecule has 24 heavy (non-hydrogen) atoms. The molecule has 126 valence electrons. The predicted molar refractivity (Wildman–Crippen MR) is 93.1 cm³/mol. The van der Waals surface area contributed by atoms with Gasteiger partial charge < -0.3 is 14.4 Å². The van der Waals surface area contributed by atoms with Gasteiger partial charge in [0.2, 0.25) is 12.7 Å². The Kier molecular flexibility index (Phi) is 5.04. The van der Waals surface area contributed by atoms with Crippen LogP contribution in [-0.4, -0.2) is 24.1 Å². The van der Waals surface area contributed by atoms with Crippen molar-refractivity contribution in [3.05, 3.63) is 59.7 Å². The molecular formula is C20H23NO3. The minimum atomic E-state index is 0.173. The summed E-state index contributed by atoms with van der Waals surface area (Å²) in [5, 5.41) is 0. The Morgan fingerprint density at radius 2 is 1.88 bits per heavy atom. The minimum absolute atomic E-state index is 0.173. The number of carbonyl (C=O) groups excluding carboxylic acids is 1. The minimum Gasteiger partial charge on any atom is -0.454 e. The number of nitrogens with zero attached hydrogens (tertiary/aromatic N) is 1. The van der Waals surface area contributed by atoms with Gasteiger partial charge >= 0.3 is 0 Å². The number of fused-ring (bicyclic) bond motifs is 1. The van der Waals surface area contributed by atoms with Crippen LogP contribution in [0, 0.1) is 0 Å². The first-order valence-corrected chi connectivity index (χ1v) is 8.38. The van der Waals surface area contributed by atoms with Crippen LogP contribution in [0.5, 0.6) is 11.5 Å². The van der Waals surface area contributed by atoms with Crippen LogP contribution in [0.15, 0.2) is 48.5 Å². The molecule has 3 rings (SSSR count). The number of carbonyl (C=O) groups is 1. The number of rotatable bonds is 6. The highest BCUT2D eigenvalue weighted by Crippen LogP contribution is 2.33. The van der Waals surface area contributed by atoms with Crippen molar-refractivity contribution in [3.8, 4) is 11.5 Å². The lowest BCUT2D eigenvalue weighted by molar-refractivity contribution is -0.131. The summed E-state index contributed by atoms with van der Waals surface area (Å²) in [6.07, 6.45) is 0.516. The Balaban J connectivity index is 1.64. The van der Waals surface area contributed by atoms with Crippen molar-refractivity contribution in [2.45, 2.75) is 32.7 Å². The Morgan fingerprint density at radius 1 is 1.12 bits per heavy atom. The molecule has 0 saturated carbocycles. The number of ether oxygens (including phenoxy) is 2. The van der Waals surface area contributed by atoms with E-state index in [-0.39, 0.29) is 18.6 Å². The standard InChI is InChI=1S/C20H23NO3/c1-3-21(13-16-9-10-18-19(12-16)24-14-23-18)20(22)11-15(2)17-7-5-4-6-8-17/h4-10,12,15H,3,11,13-14H2,1-2H3. The van der Waals surface area contributed by atoms with Gasteiger partial charge in [0.25, 0.3) is 0 Å². The van der Waals surface area contributed by atoms with E-state index in [0.717, 1.165) is 17.1 Å². The maximum atomic E-state index is 12.7. The summed E-state index contributed by atoms with van der Waals surface area (Å²) in [7, 11) is 0. The highest BCUT2D eigenvalue weighted by atomic mass is 16.7. The number of benzene rings is 2. The first-order valence-electron chi connectivity index (χ1n) is 8.38. The third kappa shape index (κ3) is 3.70. The van der Waals surface area contributed by atoms with Crippen LogP contribution in [0.1, 0.15) is 37.3 Å². The quantitative estimate of drug-likeness (QED) is 0.807. The van der Waals surface area contributed by atoms with E-state index in [9.17, 15) is 4.79 Å². The molecule has 0 spiro atoms. The van der Waals surface area contributed by atoms with Gasteiger partial charge in [0.15, 0.2) is 11.5 Å². The topological polar surface area (TPSA) is 38.8 Å². The van der Waals surface area contributed by atoms with E-state index in [2.05, 4.69) is 19.1 Å². The van der Waals surface area contributed by atoms with E-state index in [1.807, 2.05) is 48.2 Å². The van der Waals surface area contributed by atoms with Crippen LogP contribution >= 0.6 is 0 Å². The normalized spacial score (nSPS) is 13.6. The second-order valence-electron chi connectivity index (χ2n) is 6.11. The van der Waals surface area contributed by atoms with E-state index in [4.69, 9.17) is 9.47 Å². The molecule has 2 aromatic carbocycles. The van der Waals surface area contributed by atoms with Crippen LogP contribution in [0.25, 0.3) is 0 Å². The molecule has 0 radical (unpaired) electrons. The average molecular weight is 325 g/mol. The Bertz CT molecular complexity index is 699. The van der Waals surface area contributed by atoms with Gasteiger partial charge in [-0.1, -0.05) is 43.3 Å². The van der Waals surface area contributed by atoms with E-state index in [1.54, 1.807) is 0 Å². The molecule has 1 aliphatic heterocycles. The number of amides is 1. The second-order valence-corrected chi connectivity index (χ2v) is 6.11. The van der Waals surface area contributed by atoms with Gasteiger partial charge in [-0.05, 0) is 36.1 Å². The predicted octanol–water partition coefficient (Wildman–Crippen LogP) is 3.96. The molecule has 0 bridgehead atoms. The van der Waals surface area contributed by atoms with Crippen LogP contribution in [-0.2, 0) is 11.3 Å². The Hall–Kier alpha value is -2.49. The summed E-state index contributed by atoms with van der Waals surface area (Å²) in [6, 6.07) is 16.0. The third-order valence-electron chi connectivity index (χ3n) is 4.39. The second kappa shape index (κ2) is 7.39. The van der Waals surface area contributed by atoms with Gasteiger partial charge in [0, 0.05) is 19.5 Å². The molecule has 4 heteroatoms. The van der Waals surface area contributed by atoms with Gasteiger partial charge in [-0.2, -0.15) is 0 Å². The Morgan fingerprint density at radius 3 is 2.62 bits per heavy atom. The SMILES string of the molecule is CCN(Cc1ccc2c(c1)OCO2)C(=O)CC(C)c1ccccc1. The summed E-state index contributed by atoms with van der Waals surface area (Å²) in [4.78, 5) is 14.6. The first kappa shape index (κ1) is 16.4. The molecule has 0 aliphatic carbocycles. The van der Waals surface area contributed by atoms with Crippen LogP contribution in [0.2, 0.25) is 0 Å². The molecule has 1 unspecified atom stereocenters. The molecule has 2 aromatic rings. The molecule has 0 fully saturated rings. The van der Waals surface area contributed by atoms with Gasteiger partial charge in [0.05, 0.1) is 0 Å². The lowest BCUT2D eigenvalue weighted by atomic mass is 9.97. The molecule has 0 aromatic heterocycles. The van der Waals surface area contributed by atoms with Crippen molar-refractivity contribution in [1.82, 2.24) is 4.90 Å². The number of hydrogen-bond donors (Lipinski definition) is 0. The zero-order valence-electron chi connectivity index (χ0n) is 14.2. The van der Waals surface area contributed by atoms with Crippen molar-refractivity contribution in [2.24, 2.45) is 0 Å². The monoisotopic (exact) mass is 325 g/mol. The average Bonchev–Trinajstić information content (AvgIpc) is 3.08. The van der Waals surface area contributed by atoms with Crippen LogP contribution < -0.4 is 9.47 Å². The Labute approximate surface area is 143 Å². The van der Waals surface area contributed by atoms with Gasteiger partial charge in [-0.15, -0.1) is 0 Å². The molecule has 1 heterocycles. The molecule has 1 atom stereocenters. The fourth-order valence-corrected chi connectivity index (χ4v) is 2.93. The summed E-state index contributed by atoms with van der Waals surface area (Å²) in [5.74, 6) is 1.91. The zero-order valence-corrected chi connectivity index (χ0v) is 14.2. The lowest BCUT2D eigenvalue weighted by Gasteiger charge is -2.23. The highest BCUT2D eigenvalue weighted by molar-refractivity contribution is 5.77. The van der Waals surface area contributed by atoms with Crippen molar-refractivity contribution in [2.75, 3.05) is 13.3 Å². The molecular weight excluding hydrogens is 302 g/mol. The highest BCUT2D eigenvalue weighted by Gasteiger charge is 2.19. The van der Waals surface area contributed by atoms with Crippen LogP contribution in [0.4, 0.5) is 0 Å². The number of hydrogen-bond acceptors (Lipinski definition) is 3. The fraction of sp³-hybridized carbons (Fsp3) is 0.350. The molecule has 1 aliphatic rings. The maximum Gasteiger partial charge on any atom is 0.231 e. The van der Waals surface area contributed by atoms with E-state index >= 15 is 0 Å². The molecule has 0 N–H and O–H groups in total. The maximum absolute atomic E-state index is 12.7. The van der Waals surface area contributed by atoms with E-state index in [1.165, 1.54) is 5.56 Å². The summed E-state index contributed by atoms with van der Waals surface area (Å²) < 4.78 is 10.7. The largest absolute Gasteiger partial charge is 0.454 e. The van der Waals surface area contributed by atoms with E-state index < -0.39 is 0 Å². The van der Waals surface area contributed by atoms with E-state index in [0.29, 0.717) is 19.5 Å². The zero-order chi connectivity index (χ0) is 16.9. The van der Waals surface area contributed by atoms with Gasteiger partial charge in [0.1, 0.15) is 0 Å². The molecule has 0 saturated heterocycles.